The van der Waals surface area contributed by atoms with E-state index in [9.17, 15) is 0 Å². The first-order valence-electron chi connectivity index (χ1n) is 21.1. The fourth-order valence-electron chi connectivity index (χ4n) is 7.62. The van der Waals surface area contributed by atoms with Gasteiger partial charge in [-0.3, -0.25) is 0 Å². The van der Waals surface area contributed by atoms with Gasteiger partial charge in [0.1, 0.15) is 13.1 Å². The molecule has 276 valence electrons. The van der Waals surface area contributed by atoms with E-state index in [1.165, 1.54) is 234 Å². The predicted octanol–water partition coefficient (Wildman–Crippen LogP) is 12.5. The average Bonchev–Trinajstić information content (AvgIpc) is 3.00. The Balaban J connectivity index is 0. The van der Waals surface area contributed by atoms with Crippen molar-refractivity contribution in [3.05, 3.63) is 24.3 Å². The summed E-state index contributed by atoms with van der Waals surface area (Å²) in [6, 6.07) is 0. The molecule has 46 heavy (non-hydrogen) atoms. The monoisotopic (exact) mass is 666 g/mol. The lowest BCUT2D eigenvalue weighted by Gasteiger charge is -2.39. The fraction of sp³-hybridized carbons (Fsp3) is 0.909. The van der Waals surface area contributed by atoms with Gasteiger partial charge in [0.15, 0.2) is 0 Å². The number of halogens is 1. The van der Waals surface area contributed by atoms with E-state index in [4.69, 9.17) is 0 Å². The topological polar surface area (TPSA) is 0 Å². The summed E-state index contributed by atoms with van der Waals surface area (Å²) < 4.78 is 1.21. The van der Waals surface area contributed by atoms with Crippen LogP contribution in [0, 0.1) is 0 Å². The standard InChI is InChI=1S/C44H88N.ClH/c1-7-9-11-13-15-17-19-21-23-25-27-29-31-33-35-37-39-45(41-43(3)4,42-44(5)6)40-38-36-34-32-30-28-26-24-22-20-18-16-14-12-10-8-2;/h3,5,7-42H2,1-2,4,6H3;1H/q+1;/p-1. The molecule has 0 spiro atoms. The Kier molecular flexibility index (Phi) is 39.1. The van der Waals surface area contributed by atoms with Crippen LogP contribution in [0.25, 0.3) is 0 Å². The van der Waals surface area contributed by atoms with Crippen molar-refractivity contribution in [3.8, 4) is 0 Å². The first kappa shape index (κ1) is 47.8. The zero-order valence-corrected chi connectivity index (χ0v) is 33.5. The summed E-state index contributed by atoms with van der Waals surface area (Å²) in [5.74, 6) is 0. The van der Waals surface area contributed by atoms with Gasteiger partial charge in [-0.2, -0.15) is 0 Å². The van der Waals surface area contributed by atoms with E-state index in [1.807, 2.05) is 0 Å². The number of hydrogen-bond acceptors (Lipinski definition) is 0. The van der Waals surface area contributed by atoms with E-state index >= 15 is 0 Å². The molecule has 0 bridgehead atoms. The van der Waals surface area contributed by atoms with Crippen molar-refractivity contribution >= 4 is 0 Å². The minimum Gasteiger partial charge on any atom is -1.00 e. The smallest absolute Gasteiger partial charge is 0.100 e. The van der Waals surface area contributed by atoms with Gasteiger partial charge >= 0.3 is 0 Å². The largest absolute Gasteiger partial charge is 1.00 e. The molecule has 0 aromatic heterocycles. The van der Waals surface area contributed by atoms with Crippen molar-refractivity contribution in [2.24, 2.45) is 0 Å². The van der Waals surface area contributed by atoms with Crippen LogP contribution < -0.4 is 12.4 Å². The van der Waals surface area contributed by atoms with Crippen molar-refractivity contribution in [2.45, 2.75) is 233 Å². The highest BCUT2D eigenvalue weighted by Crippen LogP contribution is 2.21. The highest BCUT2D eigenvalue weighted by atomic mass is 35.5. The fourth-order valence-corrected chi connectivity index (χ4v) is 7.62. The first-order chi connectivity index (χ1) is 22.0. The molecule has 0 fully saturated rings. The molecule has 0 unspecified atom stereocenters. The summed E-state index contributed by atoms with van der Waals surface area (Å²) in [4.78, 5) is 0. The van der Waals surface area contributed by atoms with Crippen molar-refractivity contribution in [3.63, 3.8) is 0 Å². The predicted molar refractivity (Wildman–Crippen MR) is 208 cm³/mol. The normalized spacial score (nSPS) is 11.6. The molecule has 0 aliphatic carbocycles. The zero-order chi connectivity index (χ0) is 33.1. The molecule has 0 aliphatic rings. The highest BCUT2D eigenvalue weighted by Gasteiger charge is 2.26. The van der Waals surface area contributed by atoms with Gasteiger partial charge < -0.3 is 16.9 Å². The third-order valence-electron chi connectivity index (χ3n) is 10.2. The van der Waals surface area contributed by atoms with Gasteiger partial charge in [-0.15, -0.1) is 0 Å². The molecule has 0 amide bonds. The number of hydrogen-bond donors (Lipinski definition) is 0. The molecule has 0 aliphatic heterocycles. The van der Waals surface area contributed by atoms with Crippen LogP contribution in [-0.2, 0) is 0 Å². The second-order valence-electron chi connectivity index (χ2n) is 15.6. The third-order valence-corrected chi connectivity index (χ3v) is 10.2. The van der Waals surface area contributed by atoms with Gasteiger partial charge in [0.25, 0.3) is 0 Å². The first-order valence-corrected chi connectivity index (χ1v) is 21.1. The molecule has 0 saturated heterocycles. The lowest BCUT2D eigenvalue weighted by Crippen LogP contribution is -3.00. The summed E-state index contributed by atoms with van der Waals surface area (Å²) >= 11 is 0. The van der Waals surface area contributed by atoms with Crippen LogP contribution in [-0.4, -0.2) is 30.7 Å². The molecule has 0 aromatic carbocycles. The average molecular weight is 667 g/mol. The Morgan fingerprint density at radius 2 is 0.500 bits per heavy atom. The maximum Gasteiger partial charge on any atom is 0.100 e. The number of rotatable bonds is 38. The molecule has 0 atom stereocenters. The minimum absolute atomic E-state index is 0. The molecule has 0 rings (SSSR count). The van der Waals surface area contributed by atoms with Crippen LogP contribution in [0.2, 0.25) is 0 Å². The molecule has 0 saturated carbocycles. The molecule has 0 radical (unpaired) electrons. The Hall–Kier alpha value is -0.270. The molecule has 1 nitrogen and oxygen atoms in total. The summed E-state index contributed by atoms with van der Waals surface area (Å²) in [5, 5.41) is 0. The van der Waals surface area contributed by atoms with E-state index in [-0.39, 0.29) is 12.4 Å². The maximum absolute atomic E-state index is 4.35. The Morgan fingerprint density at radius 3 is 0.674 bits per heavy atom. The second kappa shape index (κ2) is 37.5. The second-order valence-corrected chi connectivity index (χ2v) is 15.6. The lowest BCUT2D eigenvalue weighted by atomic mass is 10.0. The molecule has 0 heterocycles. The third kappa shape index (κ3) is 35.0. The minimum atomic E-state index is 0. The van der Waals surface area contributed by atoms with E-state index in [1.54, 1.807) is 0 Å². The van der Waals surface area contributed by atoms with Gasteiger partial charge in [0.2, 0.25) is 0 Å². The van der Waals surface area contributed by atoms with Crippen LogP contribution >= 0.6 is 0 Å². The van der Waals surface area contributed by atoms with Crippen molar-refractivity contribution in [1.29, 1.82) is 0 Å². The van der Waals surface area contributed by atoms with Crippen LogP contribution in [0.5, 0.6) is 0 Å². The quantitative estimate of drug-likeness (QED) is 0.0350. The summed E-state index contributed by atoms with van der Waals surface area (Å²) in [6.07, 6.45) is 46.2. The van der Waals surface area contributed by atoms with Gasteiger partial charge in [-0.1, -0.05) is 207 Å². The number of nitrogens with zero attached hydrogens (tertiary/aromatic N) is 1. The van der Waals surface area contributed by atoms with Crippen LogP contribution in [0.4, 0.5) is 0 Å². The van der Waals surface area contributed by atoms with Crippen molar-refractivity contribution in [1.82, 2.24) is 0 Å². The van der Waals surface area contributed by atoms with Crippen molar-refractivity contribution < 1.29 is 16.9 Å². The molecular formula is C44H88ClN. The SMILES string of the molecule is C=C(C)C[N+](CCCCCCCCCCCCCCCCCC)(CCCCCCCCCCCCCCCCCC)CC(=C)C.[Cl-]. The Bertz CT molecular complexity index is 571. The molecule has 2 heteroatoms. The van der Waals surface area contributed by atoms with Crippen LogP contribution in [0.3, 0.4) is 0 Å². The molecule has 0 aromatic rings. The Labute approximate surface area is 299 Å². The summed E-state index contributed by atoms with van der Waals surface area (Å²) in [5.41, 5.74) is 2.70. The lowest BCUT2D eigenvalue weighted by molar-refractivity contribution is -0.920. The maximum atomic E-state index is 4.35. The van der Waals surface area contributed by atoms with Crippen molar-refractivity contribution in [2.75, 3.05) is 26.2 Å². The summed E-state index contributed by atoms with van der Waals surface area (Å²) in [6.45, 7) is 22.7. The van der Waals surface area contributed by atoms with Crippen LogP contribution in [0.1, 0.15) is 233 Å². The van der Waals surface area contributed by atoms with Gasteiger partial charge in [0, 0.05) is 0 Å². The summed E-state index contributed by atoms with van der Waals surface area (Å²) in [7, 11) is 0. The number of unbranched alkanes of at least 4 members (excludes halogenated alkanes) is 30. The Morgan fingerprint density at radius 1 is 0.326 bits per heavy atom. The zero-order valence-electron chi connectivity index (χ0n) is 32.7. The van der Waals surface area contributed by atoms with Gasteiger partial charge in [-0.25, -0.2) is 0 Å². The van der Waals surface area contributed by atoms with E-state index in [0.29, 0.717) is 0 Å². The van der Waals surface area contributed by atoms with Gasteiger partial charge in [0.05, 0.1) is 13.1 Å². The highest BCUT2D eigenvalue weighted by molar-refractivity contribution is 4.92. The van der Waals surface area contributed by atoms with Gasteiger partial charge in [-0.05, 0) is 50.7 Å². The van der Waals surface area contributed by atoms with E-state index in [0.717, 1.165) is 13.1 Å². The van der Waals surface area contributed by atoms with Crippen LogP contribution in [0.15, 0.2) is 24.3 Å². The number of quaternary nitrogens is 1. The molecular weight excluding hydrogens is 578 g/mol. The molecule has 0 N–H and O–H groups in total. The van der Waals surface area contributed by atoms with E-state index in [2.05, 4.69) is 40.9 Å². The van der Waals surface area contributed by atoms with E-state index < -0.39 is 0 Å².